The van der Waals surface area contributed by atoms with Crippen LogP contribution in [0.3, 0.4) is 0 Å². The fourth-order valence-corrected chi connectivity index (χ4v) is 5.16. The lowest BCUT2D eigenvalue weighted by molar-refractivity contribution is -0.116. The van der Waals surface area contributed by atoms with E-state index in [-0.39, 0.29) is 24.0 Å². The normalized spacial score (nSPS) is 19.9. The smallest absolute Gasteiger partial charge is 0.225 e. The zero-order valence-electron chi connectivity index (χ0n) is 15.0. The first-order chi connectivity index (χ1) is 13.0. The molecule has 6 heteroatoms. The van der Waals surface area contributed by atoms with Crippen molar-refractivity contribution in [2.24, 2.45) is 5.92 Å². The van der Waals surface area contributed by atoms with E-state index in [1.807, 2.05) is 30.3 Å². The van der Waals surface area contributed by atoms with Gasteiger partial charge in [-0.15, -0.1) is 0 Å². The van der Waals surface area contributed by atoms with Crippen LogP contribution in [-0.4, -0.2) is 26.6 Å². The number of para-hydroxylation sites is 2. The third kappa shape index (κ3) is 4.06. The van der Waals surface area contributed by atoms with Gasteiger partial charge in [-0.1, -0.05) is 42.5 Å². The van der Waals surface area contributed by atoms with Crippen LogP contribution in [0.2, 0.25) is 0 Å². The molecule has 2 aromatic carbocycles. The Morgan fingerprint density at radius 2 is 1.89 bits per heavy atom. The molecular weight excluding hydrogens is 360 g/mol. The van der Waals surface area contributed by atoms with Gasteiger partial charge in [-0.2, -0.15) is 0 Å². The Kier molecular flexibility index (Phi) is 4.74. The maximum Gasteiger partial charge on any atom is 0.225 e. The van der Waals surface area contributed by atoms with Crippen LogP contribution in [0.4, 0.5) is 11.4 Å². The molecule has 0 radical (unpaired) electrons. The van der Waals surface area contributed by atoms with E-state index in [0.717, 1.165) is 30.8 Å². The van der Waals surface area contributed by atoms with Gasteiger partial charge in [-0.3, -0.25) is 4.79 Å². The van der Waals surface area contributed by atoms with Crippen molar-refractivity contribution in [3.8, 4) is 0 Å². The van der Waals surface area contributed by atoms with Gasteiger partial charge in [-0.25, -0.2) is 8.42 Å². The molecule has 2 aliphatic rings. The molecule has 1 amide bonds. The van der Waals surface area contributed by atoms with Crippen molar-refractivity contribution >= 4 is 27.1 Å². The van der Waals surface area contributed by atoms with Gasteiger partial charge in [0.25, 0.3) is 0 Å². The molecule has 1 atom stereocenters. The molecule has 0 saturated heterocycles. The van der Waals surface area contributed by atoms with Crippen molar-refractivity contribution in [3.05, 3.63) is 71.1 Å². The fraction of sp³-hybridized carbons (Fsp3) is 0.286. The standard InChI is InChI=1S/C21H22N2O3S/c24-21(13-16-10-12-27(25,26)15-16)22-19-7-3-1-6-18(19)14-23-11-9-17-5-2-4-8-20(17)23/h1-8,10,12,16H,9,11,13-15H2,(H,22,24). The summed E-state index contributed by atoms with van der Waals surface area (Å²) in [5.41, 5.74) is 4.45. The highest BCUT2D eigenvalue weighted by molar-refractivity contribution is 7.94. The van der Waals surface area contributed by atoms with E-state index in [1.54, 1.807) is 6.08 Å². The van der Waals surface area contributed by atoms with Crippen LogP contribution >= 0.6 is 0 Å². The fourth-order valence-electron chi connectivity index (χ4n) is 3.76. The molecule has 0 aromatic heterocycles. The van der Waals surface area contributed by atoms with E-state index < -0.39 is 9.84 Å². The first-order valence-electron chi connectivity index (χ1n) is 9.12. The molecule has 2 aliphatic heterocycles. The molecular formula is C21H22N2O3S. The Labute approximate surface area is 159 Å². The number of rotatable bonds is 5. The van der Waals surface area contributed by atoms with Crippen LogP contribution in [0.25, 0.3) is 0 Å². The Bertz CT molecular complexity index is 998. The Balaban J connectivity index is 1.44. The number of sulfone groups is 1. The molecule has 0 saturated carbocycles. The maximum absolute atomic E-state index is 12.4. The number of carbonyl (C=O) groups excluding carboxylic acids is 1. The summed E-state index contributed by atoms with van der Waals surface area (Å²) in [4.78, 5) is 14.7. The van der Waals surface area contributed by atoms with Gasteiger partial charge in [0.1, 0.15) is 0 Å². The summed E-state index contributed by atoms with van der Waals surface area (Å²) >= 11 is 0. The molecule has 5 nitrogen and oxygen atoms in total. The van der Waals surface area contributed by atoms with E-state index in [2.05, 4.69) is 28.4 Å². The summed E-state index contributed by atoms with van der Waals surface area (Å²) in [6.45, 7) is 1.69. The second-order valence-electron chi connectivity index (χ2n) is 7.13. The average Bonchev–Trinajstić information content (AvgIpc) is 3.19. The number of amides is 1. The summed E-state index contributed by atoms with van der Waals surface area (Å²) in [6.07, 6.45) is 2.83. The molecule has 27 heavy (non-hydrogen) atoms. The summed E-state index contributed by atoms with van der Waals surface area (Å²) in [5, 5.41) is 4.18. The predicted octanol–water partition coefficient (Wildman–Crippen LogP) is 3.14. The van der Waals surface area contributed by atoms with Crippen LogP contribution < -0.4 is 10.2 Å². The highest BCUT2D eigenvalue weighted by Gasteiger charge is 2.24. The first-order valence-corrected chi connectivity index (χ1v) is 10.8. The molecule has 4 rings (SSSR count). The number of carbonyl (C=O) groups is 1. The third-order valence-corrected chi connectivity index (χ3v) is 6.55. The van der Waals surface area contributed by atoms with Gasteiger partial charge in [-0.05, 0) is 29.7 Å². The molecule has 2 heterocycles. The lowest BCUT2D eigenvalue weighted by atomic mass is 10.1. The van der Waals surface area contributed by atoms with Crippen molar-refractivity contribution in [3.63, 3.8) is 0 Å². The minimum atomic E-state index is -3.13. The quantitative estimate of drug-likeness (QED) is 0.863. The van der Waals surface area contributed by atoms with Crippen molar-refractivity contribution in [2.75, 3.05) is 22.5 Å². The van der Waals surface area contributed by atoms with Gasteiger partial charge in [0.15, 0.2) is 9.84 Å². The summed E-state index contributed by atoms with van der Waals surface area (Å²) in [6, 6.07) is 16.2. The number of nitrogens with zero attached hydrogens (tertiary/aromatic N) is 1. The third-order valence-electron chi connectivity index (χ3n) is 5.09. The second-order valence-corrected chi connectivity index (χ2v) is 9.06. The van der Waals surface area contributed by atoms with Crippen LogP contribution in [-0.2, 0) is 27.6 Å². The molecule has 0 aliphatic carbocycles. The minimum absolute atomic E-state index is 0.0205. The monoisotopic (exact) mass is 382 g/mol. The lowest BCUT2D eigenvalue weighted by Gasteiger charge is -2.21. The zero-order chi connectivity index (χ0) is 18.9. The molecule has 0 spiro atoms. The SMILES string of the molecule is O=C(CC1C=CS(=O)(=O)C1)Nc1ccccc1CN1CCc2ccccc21. The van der Waals surface area contributed by atoms with Crippen LogP contribution in [0, 0.1) is 5.92 Å². The van der Waals surface area contributed by atoms with E-state index >= 15 is 0 Å². The van der Waals surface area contributed by atoms with Crippen molar-refractivity contribution in [1.29, 1.82) is 0 Å². The second kappa shape index (κ2) is 7.19. The molecule has 2 aromatic rings. The number of hydrogen-bond donors (Lipinski definition) is 1. The predicted molar refractivity (Wildman–Crippen MR) is 107 cm³/mol. The summed E-state index contributed by atoms with van der Waals surface area (Å²) < 4.78 is 23.0. The van der Waals surface area contributed by atoms with Gasteiger partial charge < -0.3 is 10.2 Å². The van der Waals surface area contributed by atoms with Gasteiger partial charge >= 0.3 is 0 Å². The van der Waals surface area contributed by atoms with E-state index in [4.69, 9.17) is 0 Å². The summed E-state index contributed by atoms with van der Waals surface area (Å²) in [7, 11) is -3.13. The van der Waals surface area contributed by atoms with Crippen LogP contribution in [0.15, 0.2) is 60.0 Å². The van der Waals surface area contributed by atoms with Crippen molar-refractivity contribution in [1.82, 2.24) is 0 Å². The molecule has 1 unspecified atom stereocenters. The van der Waals surface area contributed by atoms with Gasteiger partial charge in [0, 0.05) is 42.2 Å². The number of hydrogen-bond acceptors (Lipinski definition) is 4. The van der Waals surface area contributed by atoms with E-state index in [1.165, 1.54) is 16.7 Å². The Morgan fingerprint density at radius 1 is 1.11 bits per heavy atom. The molecule has 0 fully saturated rings. The van der Waals surface area contributed by atoms with Gasteiger partial charge in [0.05, 0.1) is 5.75 Å². The average molecular weight is 382 g/mol. The van der Waals surface area contributed by atoms with Crippen LogP contribution in [0.1, 0.15) is 17.5 Å². The lowest BCUT2D eigenvalue weighted by Crippen LogP contribution is -2.22. The Hall–Kier alpha value is -2.60. The minimum Gasteiger partial charge on any atom is -0.367 e. The van der Waals surface area contributed by atoms with Crippen molar-refractivity contribution < 1.29 is 13.2 Å². The maximum atomic E-state index is 12.4. The molecule has 1 N–H and O–H groups in total. The largest absolute Gasteiger partial charge is 0.367 e. The first kappa shape index (κ1) is 17.8. The highest BCUT2D eigenvalue weighted by Crippen LogP contribution is 2.30. The van der Waals surface area contributed by atoms with Gasteiger partial charge in [0.2, 0.25) is 5.91 Å². The van der Waals surface area contributed by atoms with Crippen molar-refractivity contribution in [2.45, 2.75) is 19.4 Å². The topological polar surface area (TPSA) is 66.5 Å². The number of allylic oxidation sites excluding steroid dienone is 1. The van der Waals surface area contributed by atoms with Crippen LogP contribution in [0.5, 0.6) is 0 Å². The molecule has 0 bridgehead atoms. The number of nitrogens with one attached hydrogen (secondary N) is 1. The highest BCUT2D eigenvalue weighted by atomic mass is 32.2. The van der Waals surface area contributed by atoms with E-state index in [9.17, 15) is 13.2 Å². The number of benzene rings is 2. The number of fused-ring (bicyclic) bond motifs is 1. The summed E-state index contributed by atoms with van der Waals surface area (Å²) in [5.74, 6) is -0.379. The Morgan fingerprint density at radius 3 is 2.70 bits per heavy atom. The zero-order valence-corrected chi connectivity index (χ0v) is 15.8. The number of anilines is 2. The molecule has 140 valence electrons. The van der Waals surface area contributed by atoms with E-state index in [0.29, 0.717) is 0 Å².